The Labute approximate surface area is 155 Å². The number of carbonyl (C=O) groups is 2. The molecule has 0 radical (unpaired) electrons. The molecule has 140 valence electrons. The fraction of sp³-hybridized carbons (Fsp3) is 0.619. The van der Waals surface area contributed by atoms with E-state index in [1.165, 1.54) is 32.8 Å². The molecule has 2 heterocycles. The third kappa shape index (κ3) is 3.63. The summed E-state index contributed by atoms with van der Waals surface area (Å²) in [6, 6.07) is 8.26. The van der Waals surface area contributed by atoms with Gasteiger partial charge >= 0.3 is 5.97 Å². The number of carbonyl (C=O) groups excluding carboxylic acids is 2. The normalized spacial score (nSPS) is 27.0. The summed E-state index contributed by atoms with van der Waals surface area (Å²) >= 11 is 0. The van der Waals surface area contributed by atoms with E-state index in [1.807, 2.05) is 12.1 Å². The summed E-state index contributed by atoms with van der Waals surface area (Å²) in [6.07, 6.45) is 6.51. The van der Waals surface area contributed by atoms with Crippen molar-refractivity contribution in [3.8, 4) is 0 Å². The summed E-state index contributed by atoms with van der Waals surface area (Å²) < 4.78 is 4.83. The molecule has 2 saturated heterocycles. The molecule has 3 fully saturated rings. The van der Waals surface area contributed by atoms with E-state index in [1.54, 1.807) is 6.07 Å². The average molecular weight is 356 g/mol. The van der Waals surface area contributed by atoms with Crippen LogP contribution in [0.1, 0.15) is 54.4 Å². The van der Waals surface area contributed by atoms with Gasteiger partial charge in [0.2, 0.25) is 5.91 Å². The highest BCUT2D eigenvalue weighted by molar-refractivity contribution is 5.89. The second-order valence-corrected chi connectivity index (χ2v) is 8.26. The number of amides is 1. The van der Waals surface area contributed by atoms with Gasteiger partial charge in [0, 0.05) is 37.5 Å². The van der Waals surface area contributed by atoms with Crippen LogP contribution in [-0.4, -0.2) is 54.5 Å². The first-order valence-corrected chi connectivity index (χ1v) is 9.78. The number of nitrogens with zero attached hydrogens (tertiary/aromatic N) is 2. The zero-order valence-electron chi connectivity index (χ0n) is 15.6. The number of hydrogen-bond donors (Lipinski definition) is 0. The molecule has 5 nitrogen and oxygen atoms in total. The van der Waals surface area contributed by atoms with Crippen molar-refractivity contribution in [3.63, 3.8) is 0 Å². The molecule has 26 heavy (non-hydrogen) atoms. The number of ether oxygens (including phenoxy) is 1. The van der Waals surface area contributed by atoms with Crippen molar-refractivity contribution in [3.05, 3.63) is 35.4 Å². The minimum atomic E-state index is -0.284. The highest BCUT2D eigenvalue weighted by atomic mass is 16.5. The Morgan fingerprint density at radius 2 is 2.12 bits per heavy atom. The van der Waals surface area contributed by atoms with Crippen LogP contribution in [0.2, 0.25) is 0 Å². The molecule has 2 aliphatic heterocycles. The van der Waals surface area contributed by atoms with Gasteiger partial charge in [-0.1, -0.05) is 12.1 Å². The smallest absolute Gasteiger partial charge is 0.337 e. The van der Waals surface area contributed by atoms with Crippen LogP contribution in [0.5, 0.6) is 0 Å². The Hall–Kier alpha value is -1.88. The van der Waals surface area contributed by atoms with Crippen LogP contribution in [0.4, 0.5) is 0 Å². The van der Waals surface area contributed by atoms with Crippen LogP contribution >= 0.6 is 0 Å². The Morgan fingerprint density at radius 1 is 1.27 bits per heavy atom. The van der Waals surface area contributed by atoms with Gasteiger partial charge in [0.1, 0.15) is 0 Å². The molecular formula is C21H28N2O3. The van der Waals surface area contributed by atoms with Gasteiger partial charge in [-0.05, 0) is 56.3 Å². The number of likely N-dealkylation sites (tertiary alicyclic amines) is 2. The van der Waals surface area contributed by atoms with Crippen LogP contribution in [0.3, 0.4) is 0 Å². The lowest BCUT2D eigenvalue weighted by molar-refractivity contribution is -0.140. The molecule has 1 amide bonds. The van der Waals surface area contributed by atoms with E-state index in [0.29, 0.717) is 23.9 Å². The topological polar surface area (TPSA) is 49.9 Å². The van der Waals surface area contributed by atoms with Crippen molar-refractivity contribution in [2.45, 2.75) is 51.1 Å². The van der Waals surface area contributed by atoms with E-state index < -0.39 is 0 Å². The summed E-state index contributed by atoms with van der Waals surface area (Å²) in [4.78, 5) is 28.7. The van der Waals surface area contributed by atoms with Gasteiger partial charge in [-0.2, -0.15) is 0 Å². The summed E-state index contributed by atoms with van der Waals surface area (Å²) in [6.45, 7) is 3.92. The van der Waals surface area contributed by atoms with Gasteiger partial charge in [-0.3, -0.25) is 9.69 Å². The number of piperidine rings is 2. The Kier molecular flexibility index (Phi) is 4.74. The van der Waals surface area contributed by atoms with E-state index in [4.69, 9.17) is 4.74 Å². The largest absolute Gasteiger partial charge is 0.465 e. The molecular weight excluding hydrogens is 328 g/mol. The summed E-state index contributed by atoms with van der Waals surface area (Å²) in [7, 11) is 1.42. The first-order valence-electron chi connectivity index (χ1n) is 9.78. The number of methoxy groups -OCH3 is 1. The third-order valence-corrected chi connectivity index (χ3v) is 6.18. The van der Waals surface area contributed by atoms with Crippen LogP contribution in [0.25, 0.3) is 0 Å². The minimum absolute atomic E-state index is 0.259. The van der Waals surface area contributed by atoms with Crippen molar-refractivity contribution < 1.29 is 14.3 Å². The van der Waals surface area contributed by atoms with Crippen LogP contribution < -0.4 is 0 Å². The monoisotopic (exact) mass is 356 g/mol. The van der Waals surface area contributed by atoms with Crippen molar-refractivity contribution in [2.24, 2.45) is 5.41 Å². The molecule has 1 unspecified atom stereocenters. The lowest BCUT2D eigenvalue weighted by atomic mass is 9.73. The number of benzene rings is 1. The zero-order valence-corrected chi connectivity index (χ0v) is 15.6. The van der Waals surface area contributed by atoms with Gasteiger partial charge in [0.05, 0.1) is 12.7 Å². The van der Waals surface area contributed by atoms with Crippen molar-refractivity contribution in [2.75, 3.05) is 26.7 Å². The highest BCUT2D eigenvalue weighted by Crippen LogP contribution is 2.42. The standard InChI is InChI=1S/C21H28N2O3/c1-26-20(25)17-5-2-4-16(12-17)13-22-11-3-9-21(14-22)10-8-19(24)23(15-21)18-6-7-18/h2,4-5,12,18H,3,6-11,13-15H2,1H3. The second-order valence-electron chi connectivity index (χ2n) is 8.26. The molecule has 1 saturated carbocycles. The predicted molar refractivity (Wildman–Crippen MR) is 98.7 cm³/mol. The summed E-state index contributed by atoms with van der Waals surface area (Å²) in [5.74, 6) is 0.0776. The minimum Gasteiger partial charge on any atom is -0.465 e. The first-order chi connectivity index (χ1) is 12.6. The lowest BCUT2D eigenvalue weighted by Gasteiger charge is -2.48. The molecule has 0 N–H and O–H groups in total. The SMILES string of the molecule is COC(=O)c1cccc(CN2CCCC3(CCC(=O)N(C4CC4)C3)C2)c1. The maximum absolute atomic E-state index is 12.3. The van der Waals surface area contributed by atoms with Crippen LogP contribution in [0.15, 0.2) is 24.3 Å². The number of rotatable bonds is 4. The number of hydrogen-bond acceptors (Lipinski definition) is 4. The Morgan fingerprint density at radius 3 is 2.88 bits per heavy atom. The van der Waals surface area contributed by atoms with Gasteiger partial charge in [-0.15, -0.1) is 0 Å². The highest BCUT2D eigenvalue weighted by Gasteiger charge is 2.45. The Balaban J connectivity index is 1.44. The molecule has 4 rings (SSSR count). The van der Waals surface area contributed by atoms with E-state index in [0.717, 1.165) is 38.2 Å². The van der Waals surface area contributed by atoms with Crippen LogP contribution in [0, 0.1) is 5.41 Å². The molecule has 1 atom stereocenters. The van der Waals surface area contributed by atoms with Gasteiger partial charge in [0.25, 0.3) is 0 Å². The zero-order chi connectivity index (χ0) is 18.1. The van der Waals surface area contributed by atoms with E-state index in [-0.39, 0.29) is 11.4 Å². The third-order valence-electron chi connectivity index (χ3n) is 6.18. The summed E-state index contributed by atoms with van der Waals surface area (Å²) in [5, 5.41) is 0. The molecule has 0 aromatic heterocycles. The first kappa shape index (κ1) is 17.5. The molecule has 3 aliphatic rings. The fourth-order valence-corrected chi connectivity index (χ4v) is 4.71. The molecule has 1 aromatic carbocycles. The fourth-order valence-electron chi connectivity index (χ4n) is 4.71. The van der Waals surface area contributed by atoms with Gasteiger partial charge < -0.3 is 9.64 Å². The molecule has 0 bridgehead atoms. The Bertz CT molecular complexity index is 700. The molecule has 1 spiro atoms. The van der Waals surface area contributed by atoms with Crippen molar-refractivity contribution in [1.29, 1.82) is 0 Å². The maximum atomic E-state index is 12.3. The average Bonchev–Trinajstić information content (AvgIpc) is 3.49. The molecule has 1 aromatic rings. The summed E-state index contributed by atoms with van der Waals surface area (Å²) in [5.41, 5.74) is 2.02. The van der Waals surface area contributed by atoms with E-state index in [9.17, 15) is 9.59 Å². The van der Waals surface area contributed by atoms with E-state index in [2.05, 4.69) is 15.9 Å². The quantitative estimate of drug-likeness (QED) is 0.779. The second kappa shape index (κ2) is 7.03. The lowest BCUT2D eigenvalue weighted by Crippen LogP contribution is -2.54. The predicted octanol–water partition coefficient (Wildman–Crippen LogP) is 2.84. The number of esters is 1. The van der Waals surface area contributed by atoms with Crippen LogP contribution in [-0.2, 0) is 16.1 Å². The van der Waals surface area contributed by atoms with Crippen molar-refractivity contribution >= 4 is 11.9 Å². The van der Waals surface area contributed by atoms with Gasteiger partial charge in [-0.25, -0.2) is 4.79 Å². The molecule has 5 heteroatoms. The maximum Gasteiger partial charge on any atom is 0.337 e. The van der Waals surface area contributed by atoms with Crippen molar-refractivity contribution in [1.82, 2.24) is 9.80 Å². The van der Waals surface area contributed by atoms with Gasteiger partial charge in [0.15, 0.2) is 0 Å². The molecule has 1 aliphatic carbocycles. The van der Waals surface area contributed by atoms with E-state index >= 15 is 0 Å².